The van der Waals surface area contributed by atoms with E-state index in [1.807, 2.05) is 36.4 Å². The van der Waals surface area contributed by atoms with Gasteiger partial charge in [0.15, 0.2) is 5.82 Å². The first-order valence-corrected chi connectivity index (χ1v) is 6.04. The second kappa shape index (κ2) is 4.86. The van der Waals surface area contributed by atoms with Gasteiger partial charge in [-0.1, -0.05) is 6.07 Å². The summed E-state index contributed by atoms with van der Waals surface area (Å²) in [5, 5.41) is 13.0. The molecule has 96 valence electrons. The van der Waals surface area contributed by atoms with Crippen LogP contribution in [0.1, 0.15) is 5.56 Å². The number of nitrogen functional groups attached to an aromatic ring is 1. The Morgan fingerprint density at radius 1 is 1.15 bits per heavy atom. The third kappa shape index (κ3) is 2.22. The van der Waals surface area contributed by atoms with Gasteiger partial charge in [-0.25, -0.2) is 4.98 Å². The standard InChI is InChI=1S/C15H11N5/c16-8-10-6-13(17)15(19-9-10)20-12-3-4-14-11(7-12)2-1-5-18-14/h1-7,9H,17H2,(H,19,20). The van der Waals surface area contributed by atoms with E-state index in [1.54, 1.807) is 12.3 Å². The van der Waals surface area contributed by atoms with Crippen LogP contribution in [0.25, 0.3) is 10.9 Å². The summed E-state index contributed by atoms with van der Waals surface area (Å²) in [6.45, 7) is 0. The Morgan fingerprint density at radius 3 is 2.85 bits per heavy atom. The van der Waals surface area contributed by atoms with Gasteiger partial charge in [-0.05, 0) is 30.3 Å². The SMILES string of the molecule is N#Cc1cnc(Nc2ccc3ncccc3c2)c(N)c1. The maximum Gasteiger partial charge on any atom is 0.153 e. The Labute approximate surface area is 115 Å². The highest BCUT2D eigenvalue weighted by Gasteiger charge is 2.04. The van der Waals surface area contributed by atoms with Crippen molar-refractivity contribution in [3.63, 3.8) is 0 Å². The number of benzene rings is 1. The molecule has 3 rings (SSSR count). The lowest BCUT2D eigenvalue weighted by molar-refractivity contribution is 1.29. The number of aromatic nitrogens is 2. The molecule has 2 aromatic heterocycles. The third-order valence-electron chi connectivity index (χ3n) is 2.91. The van der Waals surface area contributed by atoms with Crippen molar-refractivity contribution in [2.75, 3.05) is 11.1 Å². The predicted molar refractivity (Wildman–Crippen MR) is 78.4 cm³/mol. The Morgan fingerprint density at radius 2 is 2.05 bits per heavy atom. The molecule has 0 fully saturated rings. The summed E-state index contributed by atoms with van der Waals surface area (Å²) in [6.07, 6.45) is 3.25. The van der Waals surface area contributed by atoms with E-state index in [0.29, 0.717) is 17.1 Å². The van der Waals surface area contributed by atoms with Gasteiger partial charge in [-0.15, -0.1) is 0 Å². The minimum atomic E-state index is 0.440. The van der Waals surface area contributed by atoms with Crippen LogP contribution in [-0.2, 0) is 0 Å². The Bertz CT molecular complexity index is 820. The maximum atomic E-state index is 8.79. The van der Waals surface area contributed by atoms with Crippen LogP contribution in [0.15, 0.2) is 48.8 Å². The zero-order valence-corrected chi connectivity index (χ0v) is 10.5. The zero-order chi connectivity index (χ0) is 13.9. The molecule has 0 aliphatic heterocycles. The van der Waals surface area contributed by atoms with Crippen LogP contribution in [0, 0.1) is 11.3 Å². The first kappa shape index (κ1) is 11.9. The van der Waals surface area contributed by atoms with Crippen LogP contribution in [0.2, 0.25) is 0 Å². The number of rotatable bonds is 2. The molecule has 0 aliphatic rings. The van der Waals surface area contributed by atoms with E-state index in [0.717, 1.165) is 16.6 Å². The molecular weight excluding hydrogens is 250 g/mol. The number of pyridine rings is 2. The molecule has 0 bridgehead atoms. The molecule has 0 aliphatic carbocycles. The highest BCUT2D eigenvalue weighted by Crippen LogP contribution is 2.23. The van der Waals surface area contributed by atoms with Gasteiger partial charge < -0.3 is 11.1 Å². The predicted octanol–water partition coefficient (Wildman–Crippen LogP) is 2.83. The average Bonchev–Trinajstić information content (AvgIpc) is 2.49. The number of hydrogen-bond acceptors (Lipinski definition) is 5. The molecular formula is C15H11N5. The molecule has 0 radical (unpaired) electrons. The molecule has 5 heteroatoms. The van der Waals surface area contributed by atoms with Gasteiger partial charge in [0.05, 0.1) is 16.8 Å². The molecule has 1 aromatic carbocycles. The van der Waals surface area contributed by atoms with Crippen molar-refractivity contribution in [3.8, 4) is 6.07 Å². The molecule has 0 saturated heterocycles. The van der Waals surface area contributed by atoms with Crippen molar-refractivity contribution in [2.45, 2.75) is 0 Å². The van der Waals surface area contributed by atoms with Gasteiger partial charge in [0.2, 0.25) is 0 Å². The summed E-state index contributed by atoms with van der Waals surface area (Å²) in [5.41, 5.74) is 8.55. The number of hydrogen-bond donors (Lipinski definition) is 2. The maximum absolute atomic E-state index is 8.79. The summed E-state index contributed by atoms with van der Waals surface area (Å²) in [5.74, 6) is 0.534. The fourth-order valence-electron chi connectivity index (χ4n) is 1.94. The van der Waals surface area contributed by atoms with Crippen LogP contribution in [0.3, 0.4) is 0 Å². The Hall–Kier alpha value is -3.13. The van der Waals surface area contributed by atoms with Crippen molar-refractivity contribution in [3.05, 3.63) is 54.4 Å². The Balaban J connectivity index is 1.95. The summed E-state index contributed by atoms with van der Waals surface area (Å²) in [7, 11) is 0. The monoisotopic (exact) mass is 261 g/mol. The summed E-state index contributed by atoms with van der Waals surface area (Å²) >= 11 is 0. The minimum Gasteiger partial charge on any atom is -0.396 e. The highest BCUT2D eigenvalue weighted by atomic mass is 15.0. The number of nitriles is 1. The topological polar surface area (TPSA) is 87.6 Å². The fourth-order valence-corrected chi connectivity index (χ4v) is 1.94. The van der Waals surface area contributed by atoms with Crippen molar-refractivity contribution >= 4 is 28.1 Å². The quantitative estimate of drug-likeness (QED) is 0.740. The lowest BCUT2D eigenvalue weighted by Gasteiger charge is -2.09. The van der Waals surface area contributed by atoms with E-state index < -0.39 is 0 Å². The van der Waals surface area contributed by atoms with E-state index in [-0.39, 0.29) is 0 Å². The van der Waals surface area contributed by atoms with Crippen LogP contribution in [0.4, 0.5) is 17.2 Å². The van der Waals surface area contributed by atoms with E-state index in [9.17, 15) is 0 Å². The largest absolute Gasteiger partial charge is 0.396 e. The van der Waals surface area contributed by atoms with E-state index in [1.165, 1.54) is 6.20 Å². The lowest BCUT2D eigenvalue weighted by Crippen LogP contribution is -1.99. The molecule has 0 saturated carbocycles. The van der Waals surface area contributed by atoms with Crippen molar-refractivity contribution < 1.29 is 0 Å². The Kier molecular flexibility index (Phi) is 2.90. The molecule has 0 unspecified atom stereocenters. The van der Waals surface area contributed by atoms with Crippen LogP contribution >= 0.6 is 0 Å². The highest BCUT2D eigenvalue weighted by molar-refractivity contribution is 5.83. The summed E-state index contributed by atoms with van der Waals surface area (Å²) in [4.78, 5) is 8.42. The van der Waals surface area contributed by atoms with E-state index in [2.05, 4.69) is 15.3 Å². The minimum absolute atomic E-state index is 0.440. The van der Waals surface area contributed by atoms with Gasteiger partial charge in [0, 0.05) is 23.5 Å². The van der Waals surface area contributed by atoms with Gasteiger partial charge >= 0.3 is 0 Å². The first-order valence-electron chi connectivity index (χ1n) is 6.04. The van der Waals surface area contributed by atoms with E-state index in [4.69, 9.17) is 11.0 Å². The second-order valence-corrected chi connectivity index (χ2v) is 4.31. The van der Waals surface area contributed by atoms with Crippen LogP contribution in [-0.4, -0.2) is 9.97 Å². The molecule has 20 heavy (non-hydrogen) atoms. The number of nitrogens with one attached hydrogen (secondary N) is 1. The van der Waals surface area contributed by atoms with Gasteiger partial charge in [0.1, 0.15) is 6.07 Å². The third-order valence-corrected chi connectivity index (χ3v) is 2.91. The zero-order valence-electron chi connectivity index (χ0n) is 10.5. The first-order chi connectivity index (χ1) is 9.76. The summed E-state index contributed by atoms with van der Waals surface area (Å²) < 4.78 is 0. The van der Waals surface area contributed by atoms with Crippen LogP contribution < -0.4 is 11.1 Å². The molecule has 0 amide bonds. The van der Waals surface area contributed by atoms with E-state index >= 15 is 0 Å². The number of nitrogens with two attached hydrogens (primary N) is 1. The normalized spacial score (nSPS) is 10.2. The van der Waals surface area contributed by atoms with Crippen LogP contribution in [0.5, 0.6) is 0 Å². The van der Waals surface area contributed by atoms with Gasteiger partial charge in [-0.3, -0.25) is 4.98 Å². The number of fused-ring (bicyclic) bond motifs is 1. The second-order valence-electron chi connectivity index (χ2n) is 4.31. The smallest absolute Gasteiger partial charge is 0.153 e. The number of anilines is 3. The fraction of sp³-hybridized carbons (Fsp3) is 0. The molecule has 2 heterocycles. The summed E-state index contributed by atoms with van der Waals surface area (Å²) in [6, 6.07) is 13.3. The lowest BCUT2D eigenvalue weighted by atomic mass is 10.2. The molecule has 0 spiro atoms. The molecule has 5 nitrogen and oxygen atoms in total. The van der Waals surface area contributed by atoms with Crippen molar-refractivity contribution in [2.24, 2.45) is 0 Å². The van der Waals surface area contributed by atoms with Gasteiger partial charge in [-0.2, -0.15) is 5.26 Å². The van der Waals surface area contributed by atoms with Crippen molar-refractivity contribution in [1.29, 1.82) is 5.26 Å². The average molecular weight is 261 g/mol. The molecule has 3 aromatic rings. The molecule has 3 N–H and O–H groups in total. The number of nitrogens with zero attached hydrogens (tertiary/aromatic N) is 3. The van der Waals surface area contributed by atoms with Crippen molar-refractivity contribution in [1.82, 2.24) is 9.97 Å². The van der Waals surface area contributed by atoms with Gasteiger partial charge in [0.25, 0.3) is 0 Å². The molecule has 0 atom stereocenters.